The summed E-state index contributed by atoms with van der Waals surface area (Å²) in [5, 5.41) is 13.2. The molecule has 0 aromatic heterocycles. The minimum absolute atomic E-state index is 0.0995. The zero-order chi connectivity index (χ0) is 55.8. The van der Waals surface area contributed by atoms with Gasteiger partial charge < -0.3 is 56.9 Å². The Kier molecular flexibility index (Phi) is 19.2. The summed E-state index contributed by atoms with van der Waals surface area (Å²) in [5.41, 5.74) is 1.17. The van der Waals surface area contributed by atoms with Crippen LogP contribution in [0.4, 0.5) is 0 Å². The lowest BCUT2D eigenvalue weighted by Gasteiger charge is -2.49. The Balaban J connectivity index is 1.07. The number of hydrogen-bond donors (Lipinski definition) is 1. The Morgan fingerprint density at radius 2 is 1.64 bits per heavy atom. The molecule has 428 valence electrons. The van der Waals surface area contributed by atoms with E-state index in [4.69, 9.17) is 51.8 Å². The molecule has 20 atom stereocenters. The normalized spacial score (nSPS) is 42.3. The van der Waals surface area contributed by atoms with Crippen LogP contribution in [-0.2, 0) is 67.6 Å². The minimum Gasteiger partial charge on any atom is -0.462 e. The molecule has 2 bridgehead atoms. The molecule has 0 radical (unpaired) electrons. The first-order chi connectivity index (χ1) is 36.4. The van der Waals surface area contributed by atoms with Gasteiger partial charge in [-0.3, -0.25) is 4.79 Å². The highest BCUT2D eigenvalue weighted by Crippen LogP contribution is 2.50. The maximum atomic E-state index is 14.9. The van der Waals surface area contributed by atoms with Crippen LogP contribution in [-0.4, -0.2) is 141 Å². The second kappa shape index (κ2) is 24.6. The number of ether oxygens (including phenoxy) is 10. The van der Waals surface area contributed by atoms with E-state index in [1.165, 1.54) is 0 Å². The third-order valence-electron chi connectivity index (χ3n) is 17.7. The summed E-state index contributed by atoms with van der Waals surface area (Å²) in [5.74, 6) is -2.48. The molecular formula is C60H89NO14SSi. The summed E-state index contributed by atoms with van der Waals surface area (Å²) in [7, 11) is -0.745. The highest BCUT2D eigenvalue weighted by molar-refractivity contribution is 7.83. The van der Waals surface area contributed by atoms with Crippen molar-refractivity contribution in [2.75, 3.05) is 20.8 Å². The first kappa shape index (κ1) is 60.1. The van der Waals surface area contributed by atoms with Gasteiger partial charge in [-0.05, 0) is 93.1 Å². The summed E-state index contributed by atoms with van der Waals surface area (Å²) in [6, 6.07) is 9.10. The fraction of sp³-hybridized carbons (Fsp3) is 0.700. The van der Waals surface area contributed by atoms with E-state index in [0.717, 1.165) is 17.6 Å². The molecule has 4 fully saturated rings. The largest absolute Gasteiger partial charge is 0.462 e. The molecule has 7 aliphatic rings. The highest BCUT2D eigenvalue weighted by atomic mass is 32.2. The average molecular weight is 1110 g/mol. The Morgan fingerprint density at radius 1 is 0.909 bits per heavy atom. The quantitative estimate of drug-likeness (QED) is 0.119. The predicted molar refractivity (Wildman–Crippen MR) is 298 cm³/mol. The number of esters is 1. The topological polar surface area (TPSA) is 168 Å². The number of fused-ring (bicyclic) bond motifs is 2. The molecule has 1 N–H and O–H groups in total. The summed E-state index contributed by atoms with van der Waals surface area (Å²) in [6.45, 7) is 27.5. The fourth-order valence-electron chi connectivity index (χ4n) is 11.9. The van der Waals surface area contributed by atoms with E-state index in [9.17, 15) is 14.1 Å². The van der Waals surface area contributed by atoms with Gasteiger partial charge in [0.1, 0.15) is 35.9 Å². The minimum atomic E-state index is -2.39. The molecule has 4 saturated heterocycles. The van der Waals surface area contributed by atoms with Crippen molar-refractivity contribution < 1.29 is 65.9 Å². The van der Waals surface area contributed by atoms with Gasteiger partial charge in [0.05, 0.1) is 59.9 Å². The smallest absolute Gasteiger partial charge is 0.316 e. The molecule has 6 aliphatic heterocycles. The van der Waals surface area contributed by atoms with E-state index < -0.39 is 116 Å². The van der Waals surface area contributed by atoms with Crippen molar-refractivity contribution >= 4 is 31.0 Å². The molecule has 1 aromatic carbocycles. The van der Waals surface area contributed by atoms with Crippen LogP contribution in [0.15, 0.2) is 98.9 Å². The number of aliphatic hydroxyl groups is 1. The van der Waals surface area contributed by atoms with Crippen LogP contribution in [0.3, 0.4) is 0 Å². The third-order valence-corrected chi connectivity index (χ3v) is 23.2. The first-order valence-electron chi connectivity index (χ1n) is 28.1. The van der Waals surface area contributed by atoms with Crippen molar-refractivity contribution in [3.05, 3.63) is 89.6 Å². The van der Waals surface area contributed by atoms with Gasteiger partial charge >= 0.3 is 5.97 Å². The van der Waals surface area contributed by atoms with Gasteiger partial charge in [0.15, 0.2) is 37.7 Å². The van der Waals surface area contributed by atoms with Crippen molar-refractivity contribution in [1.29, 1.82) is 0 Å². The number of rotatable bonds is 12. The number of allylic oxidation sites excluding steroid dienone is 2. The zero-order valence-corrected chi connectivity index (χ0v) is 50.1. The van der Waals surface area contributed by atoms with Crippen molar-refractivity contribution in [3.63, 3.8) is 0 Å². The number of methoxy groups -OCH3 is 2. The molecule has 0 saturated carbocycles. The molecule has 1 aromatic rings. The highest BCUT2D eigenvalue weighted by Gasteiger charge is 2.62. The number of carbonyl (C=O) groups is 1. The standard InChI is InChI=1S/C60H89NO14SSi/c1-16-35(2)53-38(5)27-28-59(74-53)33-44-30-43(73-59)26-25-37(4)52(36(3)21-20-22-42-34-67-56-54(75-77(14,15)58(9,10)11)39(6)29-46(57(62)70-44)60(42,56)63)71-50-32-48(66-13)55(41(8)69-50)72-49-31-47(65-12)51(40(7)68-49)61-76(64)45-23-18-17-19-24-45/h17-25,27-29,35-36,38,40-41,43-44,46-50,52-56,63H,16,26,30-34H2,1-15H3/b21-20+,37-25+,42-22+,61-51+/t35?,36-,38-,40-,41-,43+,44-,46-,47-,48-,49-,50-,52-,53+,54+,55-,56+,59+,60+,76?/m0/s1. The Bertz CT molecular complexity index is 2440. The maximum absolute atomic E-state index is 14.9. The van der Waals surface area contributed by atoms with E-state index in [2.05, 4.69) is 91.1 Å². The molecule has 8 rings (SSSR count). The third kappa shape index (κ3) is 13.0. The van der Waals surface area contributed by atoms with Crippen LogP contribution < -0.4 is 0 Å². The van der Waals surface area contributed by atoms with Gasteiger partial charge in [-0.1, -0.05) is 110 Å². The molecule has 15 nitrogen and oxygen atoms in total. The summed E-state index contributed by atoms with van der Waals surface area (Å²) >= 11 is 0. The van der Waals surface area contributed by atoms with Crippen LogP contribution in [0.25, 0.3) is 0 Å². The first-order valence-corrected chi connectivity index (χ1v) is 32.1. The van der Waals surface area contributed by atoms with Crippen LogP contribution in [0, 0.1) is 23.7 Å². The lowest BCUT2D eigenvalue weighted by atomic mass is 9.71. The lowest BCUT2D eigenvalue weighted by molar-refractivity contribution is -0.302. The molecule has 0 amide bonds. The lowest BCUT2D eigenvalue weighted by Crippen LogP contribution is -2.60. The van der Waals surface area contributed by atoms with E-state index in [1.807, 2.05) is 63.3 Å². The number of hydrogen-bond acceptors (Lipinski definition) is 14. The molecule has 17 heteroatoms. The van der Waals surface area contributed by atoms with Gasteiger partial charge in [0.2, 0.25) is 0 Å². The monoisotopic (exact) mass is 1110 g/mol. The van der Waals surface area contributed by atoms with Crippen LogP contribution >= 0.6 is 0 Å². The molecule has 6 heterocycles. The predicted octanol–water partition coefficient (Wildman–Crippen LogP) is 10.2. The number of benzene rings is 1. The number of carbonyl (C=O) groups excluding carboxylic acids is 1. The van der Waals surface area contributed by atoms with E-state index in [-0.39, 0.29) is 35.5 Å². The zero-order valence-electron chi connectivity index (χ0n) is 48.3. The summed E-state index contributed by atoms with van der Waals surface area (Å²) in [6.07, 6.45) is 10.2. The van der Waals surface area contributed by atoms with Gasteiger partial charge in [0, 0.05) is 51.7 Å². The van der Waals surface area contributed by atoms with Crippen molar-refractivity contribution in [2.24, 2.45) is 28.1 Å². The SMILES string of the molecule is CCC(C)[C@H]1O[C@]2(C=C[C@@H]1C)C[C@@H]1C[C@@H](C/C=C(\C)[C@@H](O[C@H]3C[C@H](OC)[C@@H](O[C@H]4C[C@H](OC)/C(=N/S(=O)c5ccccc5)[C@H](C)O4)[C@H](C)O3)[C@@H](C)/C=C/C=C3\CO[C@@H]4[C@H](O[Si](C)(C)C(C)(C)C)C(C)=C[C@@H](C(=O)O1)[C@]34O)O2. The van der Waals surface area contributed by atoms with Crippen molar-refractivity contribution in [2.45, 2.75) is 229 Å². The van der Waals surface area contributed by atoms with Gasteiger partial charge in [-0.25, -0.2) is 4.21 Å². The summed E-state index contributed by atoms with van der Waals surface area (Å²) < 4.78 is 90.9. The van der Waals surface area contributed by atoms with Crippen LogP contribution in [0.5, 0.6) is 0 Å². The molecule has 1 aliphatic carbocycles. The average Bonchev–Trinajstić information content (AvgIpc) is 3.80. The van der Waals surface area contributed by atoms with E-state index >= 15 is 0 Å². The van der Waals surface area contributed by atoms with E-state index in [1.54, 1.807) is 26.4 Å². The second-order valence-corrected chi connectivity index (χ2v) is 30.2. The summed E-state index contributed by atoms with van der Waals surface area (Å²) in [4.78, 5) is 15.5. The van der Waals surface area contributed by atoms with Crippen LogP contribution in [0.1, 0.15) is 115 Å². The Morgan fingerprint density at radius 3 is 2.32 bits per heavy atom. The fourth-order valence-corrected chi connectivity index (χ4v) is 14.1. The van der Waals surface area contributed by atoms with Gasteiger partial charge in [-0.2, -0.15) is 4.40 Å². The molecule has 1 spiro atoms. The molecular weight excluding hydrogens is 1020 g/mol. The molecule has 2 unspecified atom stereocenters. The van der Waals surface area contributed by atoms with Gasteiger partial charge in [-0.15, -0.1) is 0 Å². The maximum Gasteiger partial charge on any atom is 0.316 e. The number of nitrogens with zero attached hydrogens (tertiary/aromatic N) is 1. The second-order valence-electron chi connectivity index (χ2n) is 24.3. The van der Waals surface area contributed by atoms with Crippen LogP contribution in [0.2, 0.25) is 18.1 Å². The Labute approximate surface area is 462 Å². The van der Waals surface area contributed by atoms with Crippen molar-refractivity contribution in [1.82, 2.24) is 0 Å². The Hall–Kier alpha value is -3.01. The van der Waals surface area contributed by atoms with Crippen molar-refractivity contribution in [3.8, 4) is 0 Å². The van der Waals surface area contributed by atoms with Gasteiger partial charge in [0.25, 0.3) is 0 Å². The molecule has 77 heavy (non-hydrogen) atoms. The van der Waals surface area contributed by atoms with E-state index in [0.29, 0.717) is 48.3 Å².